The van der Waals surface area contributed by atoms with Crippen LogP contribution in [0.4, 0.5) is 4.39 Å². The summed E-state index contributed by atoms with van der Waals surface area (Å²) in [5.41, 5.74) is 7.28. The number of fused-ring (bicyclic) bond motifs is 1. The molecule has 2 N–H and O–H groups in total. The van der Waals surface area contributed by atoms with Crippen LogP contribution in [0.5, 0.6) is 0 Å². The lowest BCUT2D eigenvalue weighted by Gasteiger charge is -2.17. The van der Waals surface area contributed by atoms with Crippen LogP contribution in [0, 0.1) is 5.82 Å². The molecule has 0 radical (unpaired) electrons. The van der Waals surface area contributed by atoms with Gasteiger partial charge in [-0.05, 0) is 25.0 Å². The maximum absolute atomic E-state index is 13.2. The number of rotatable bonds is 3. The molecule has 1 saturated carbocycles. The van der Waals surface area contributed by atoms with Crippen molar-refractivity contribution in [2.24, 2.45) is 5.73 Å². The molecular formula is C16H17ClFN3O2. The van der Waals surface area contributed by atoms with E-state index in [2.05, 4.69) is 10.1 Å². The Balaban J connectivity index is 0.00000156. The van der Waals surface area contributed by atoms with E-state index in [4.69, 9.17) is 14.7 Å². The van der Waals surface area contributed by atoms with Crippen LogP contribution < -0.4 is 5.73 Å². The van der Waals surface area contributed by atoms with E-state index in [-0.39, 0.29) is 18.2 Å². The second-order valence-electron chi connectivity index (χ2n) is 5.95. The van der Waals surface area contributed by atoms with Gasteiger partial charge in [0.15, 0.2) is 5.82 Å². The van der Waals surface area contributed by atoms with Crippen LogP contribution in [0.2, 0.25) is 0 Å². The number of hydrogen-bond acceptors (Lipinski definition) is 5. The van der Waals surface area contributed by atoms with Crippen LogP contribution >= 0.6 is 12.4 Å². The van der Waals surface area contributed by atoms with Gasteiger partial charge < -0.3 is 14.7 Å². The van der Waals surface area contributed by atoms with Crippen molar-refractivity contribution in [2.45, 2.75) is 37.6 Å². The minimum Gasteiger partial charge on any atom is -0.464 e. The van der Waals surface area contributed by atoms with Crippen LogP contribution in [0.15, 0.2) is 33.4 Å². The predicted molar refractivity (Wildman–Crippen MR) is 84.9 cm³/mol. The van der Waals surface area contributed by atoms with Crippen molar-refractivity contribution in [1.29, 1.82) is 0 Å². The van der Waals surface area contributed by atoms with Crippen molar-refractivity contribution in [3.8, 4) is 0 Å². The number of benzene rings is 1. The first-order valence-corrected chi connectivity index (χ1v) is 7.42. The summed E-state index contributed by atoms with van der Waals surface area (Å²) in [7, 11) is 0. The maximum Gasteiger partial charge on any atom is 0.231 e. The highest BCUT2D eigenvalue weighted by atomic mass is 35.5. The molecule has 4 rings (SSSR count). The molecule has 3 aromatic rings. The van der Waals surface area contributed by atoms with Crippen molar-refractivity contribution >= 4 is 23.4 Å². The highest BCUT2D eigenvalue weighted by Crippen LogP contribution is 2.34. The van der Waals surface area contributed by atoms with Gasteiger partial charge >= 0.3 is 0 Å². The van der Waals surface area contributed by atoms with Crippen LogP contribution in [-0.2, 0) is 12.0 Å². The molecule has 0 unspecified atom stereocenters. The van der Waals surface area contributed by atoms with Gasteiger partial charge in [-0.1, -0.05) is 18.0 Å². The predicted octanol–water partition coefficient (Wildman–Crippen LogP) is 3.70. The molecule has 2 aromatic heterocycles. The standard InChI is InChI=1S/C16H16FN3O2.ClH/c17-11-3-4-12-10(9-21-13(12)8-11)7-14-19-15(20-22-14)16(18)5-1-2-6-16;/h3-4,8-9H,1-2,5-7,18H2;1H. The largest absolute Gasteiger partial charge is 0.464 e. The number of nitrogens with zero attached hydrogens (tertiary/aromatic N) is 2. The molecule has 1 aliphatic carbocycles. The second kappa shape index (κ2) is 5.94. The number of aromatic nitrogens is 2. The minimum atomic E-state index is -0.455. The van der Waals surface area contributed by atoms with Gasteiger partial charge in [0.1, 0.15) is 11.4 Å². The Morgan fingerprint density at radius 1 is 1.26 bits per heavy atom. The number of furan rings is 1. The molecule has 5 nitrogen and oxygen atoms in total. The van der Waals surface area contributed by atoms with Crippen LogP contribution in [0.25, 0.3) is 11.0 Å². The van der Waals surface area contributed by atoms with E-state index in [1.165, 1.54) is 12.1 Å². The fourth-order valence-corrected chi connectivity index (χ4v) is 3.12. The van der Waals surface area contributed by atoms with E-state index in [0.29, 0.717) is 23.7 Å². The normalized spacial score (nSPS) is 16.6. The third kappa shape index (κ3) is 2.84. The average molecular weight is 338 g/mol. The molecule has 1 aliphatic rings. The third-order valence-corrected chi connectivity index (χ3v) is 4.37. The highest BCUT2D eigenvalue weighted by Gasteiger charge is 2.35. The molecule has 23 heavy (non-hydrogen) atoms. The van der Waals surface area contributed by atoms with Crippen molar-refractivity contribution < 1.29 is 13.3 Å². The SMILES string of the molecule is Cl.NC1(c2noc(Cc3coc4cc(F)ccc34)n2)CCCC1. The summed E-state index contributed by atoms with van der Waals surface area (Å²) in [6, 6.07) is 4.47. The van der Waals surface area contributed by atoms with E-state index >= 15 is 0 Å². The Bertz CT molecular complexity index is 824. The monoisotopic (exact) mass is 337 g/mol. The van der Waals surface area contributed by atoms with Gasteiger partial charge in [-0.15, -0.1) is 12.4 Å². The zero-order valence-corrected chi connectivity index (χ0v) is 13.2. The Labute approximate surface area is 138 Å². The summed E-state index contributed by atoms with van der Waals surface area (Å²) < 4.78 is 23.9. The Morgan fingerprint density at radius 3 is 2.83 bits per heavy atom. The van der Waals surface area contributed by atoms with Crippen molar-refractivity contribution in [3.63, 3.8) is 0 Å². The summed E-state index contributed by atoms with van der Waals surface area (Å²) >= 11 is 0. The summed E-state index contributed by atoms with van der Waals surface area (Å²) in [5, 5.41) is 4.89. The average Bonchev–Trinajstić information content (AvgIpc) is 3.20. The fourth-order valence-electron chi connectivity index (χ4n) is 3.12. The van der Waals surface area contributed by atoms with E-state index in [1.807, 2.05) is 0 Å². The van der Waals surface area contributed by atoms with Gasteiger partial charge in [-0.25, -0.2) is 4.39 Å². The molecule has 0 amide bonds. The molecule has 122 valence electrons. The summed E-state index contributed by atoms with van der Waals surface area (Å²) in [6.45, 7) is 0. The molecule has 2 heterocycles. The molecule has 7 heteroatoms. The number of halogens is 2. The fraction of sp³-hybridized carbons (Fsp3) is 0.375. The molecule has 0 atom stereocenters. The van der Waals surface area contributed by atoms with Gasteiger partial charge in [0.2, 0.25) is 5.89 Å². The highest BCUT2D eigenvalue weighted by molar-refractivity contribution is 5.85. The molecule has 0 saturated heterocycles. The molecular weight excluding hydrogens is 321 g/mol. The third-order valence-electron chi connectivity index (χ3n) is 4.37. The van der Waals surface area contributed by atoms with E-state index in [9.17, 15) is 4.39 Å². The Kier molecular flexibility index (Phi) is 4.12. The molecule has 1 aromatic carbocycles. The van der Waals surface area contributed by atoms with Gasteiger partial charge in [-0.3, -0.25) is 0 Å². The van der Waals surface area contributed by atoms with Gasteiger partial charge in [-0.2, -0.15) is 4.98 Å². The van der Waals surface area contributed by atoms with Crippen molar-refractivity contribution in [1.82, 2.24) is 10.1 Å². The molecule has 0 bridgehead atoms. The van der Waals surface area contributed by atoms with Gasteiger partial charge in [0, 0.05) is 17.0 Å². The zero-order valence-electron chi connectivity index (χ0n) is 12.4. The van der Waals surface area contributed by atoms with Crippen LogP contribution in [-0.4, -0.2) is 10.1 Å². The summed E-state index contributed by atoms with van der Waals surface area (Å²) in [5.74, 6) is 0.761. The van der Waals surface area contributed by atoms with E-state index in [0.717, 1.165) is 36.6 Å². The second-order valence-corrected chi connectivity index (χ2v) is 5.95. The van der Waals surface area contributed by atoms with Gasteiger partial charge in [0.05, 0.1) is 18.2 Å². The first-order chi connectivity index (χ1) is 10.6. The van der Waals surface area contributed by atoms with E-state index < -0.39 is 5.54 Å². The first-order valence-electron chi connectivity index (χ1n) is 7.42. The van der Waals surface area contributed by atoms with Crippen LogP contribution in [0.1, 0.15) is 43.0 Å². The van der Waals surface area contributed by atoms with E-state index in [1.54, 1.807) is 12.3 Å². The quantitative estimate of drug-likeness (QED) is 0.788. The van der Waals surface area contributed by atoms with Crippen molar-refractivity contribution in [2.75, 3.05) is 0 Å². The smallest absolute Gasteiger partial charge is 0.231 e. The van der Waals surface area contributed by atoms with Crippen molar-refractivity contribution in [3.05, 3.63) is 47.6 Å². The molecule has 1 fully saturated rings. The minimum absolute atomic E-state index is 0. The lowest BCUT2D eigenvalue weighted by molar-refractivity contribution is 0.352. The molecule has 0 spiro atoms. The summed E-state index contributed by atoms with van der Waals surface area (Å²) in [4.78, 5) is 4.44. The number of nitrogens with two attached hydrogens (primary N) is 1. The Morgan fingerprint density at radius 2 is 2.04 bits per heavy atom. The lowest BCUT2D eigenvalue weighted by atomic mass is 9.99. The Hall–Kier alpha value is -1.92. The van der Waals surface area contributed by atoms with Crippen LogP contribution in [0.3, 0.4) is 0 Å². The topological polar surface area (TPSA) is 78.1 Å². The lowest BCUT2D eigenvalue weighted by Crippen LogP contribution is -2.34. The maximum atomic E-state index is 13.2. The summed E-state index contributed by atoms with van der Waals surface area (Å²) in [6.07, 6.45) is 6.01. The van der Waals surface area contributed by atoms with Gasteiger partial charge in [0.25, 0.3) is 0 Å². The zero-order chi connectivity index (χ0) is 15.2. The number of hydrogen-bond donors (Lipinski definition) is 1. The molecule has 0 aliphatic heterocycles. The first kappa shape index (κ1) is 16.0.